The molecule has 0 unspecified atom stereocenters. The Labute approximate surface area is 117 Å². The molecule has 6 heteroatoms. The zero-order chi connectivity index (χ0) is 13.8. The molecule has 0 bridgehead atoms. The van der Waals surface area contributed by atoms with E-state index in [1.807, 2.05) is 13.8 Å². The highest BCUT2D eigenvalue weighted by molar-refractivity contribution is 9.10. The minimum atomic E-state index is -3.50. The molecule has 0 heterocycles. The molecule has 0 aromatic heterocycles. The Morgan fingerprint density at radius 1 is 1.33 bits per heavy atom. The highest BCUT2D eigenvalue weighted by atomic mass is 79.9. The van der Waals surface area contributed by atoms with Crippen molar-refractivity contribution in [2.75, 3.05) is 18.8 Å². The smallest absolute Gasteiger partial charge is 0.245 e. The van der Waals surface area contributed by atoms with Gasteiger partial charge in [-0.2, -0.15) is 4.31 Å². The van der Waals surface area contributed by atoms with Crippen LogP contribution in [-0.2, 0) is 10.0 Å². The topological polar surface area (TPSA) is 63.4 Å². The summed E-state index contributed by atoms with van der Waals surface area (Å²) in [6.45, 7) is 4.85. The fraction of sp³-hybridized carbons (Fsp3) is 0.500. The van der Waals surface area contributed by atoms with Crippen molar-refractivity contribution in [3.8, 4) is 0 Å². The number of rotatable bonds is 6. The zero-order valence-corrected chi connectivity index (χ0v) is 13.1. The van der Waals surface area contributed by atoms with E-state index in [0.717, 1.165) is 12.8 Å². The van der Waals surface area contributed by atoms with E-state index in [9.17, 15) is 8.42 Å². The van der Waals surface area contributed by atoms with Gasteiger partial charge < -0.3 is 5.73 Å². The van der Waals surface area contributed by atoms with Gasteiger partial charge in [-0.05, 0) is 24.6 Å². The van der Waals surface area contributed by atoms with Crippen molar-refractivity contribution in [1.82, 2.24) is 4.31 Å². The Bertz CT molecular complexity index is 503. The molecule has 102 valence electrons. The highest BCUT2D eigenvalue weighted by Gasteiger charge is 2.24. The van der Waals surface area contributed by atoms with Crippen LogP contribution in [0.15, 0.2) is 27.6 Å². The molecule has 0 radical (unpaired) electrons. The average molecular weight is 335 g/mol. The second kappa shape index (κ2) is 6.54. The van der Waals surface area contributed by atoms with Gasteiger partial charge in [0, 0.05) is 17.6 Å². The maximum absolute atomic E-state index is 12.5. The van der Waals surface area contributed by atoms with Crippen molar-refractivity contribution in [3.63, 3.8) is 0 Å². The fourth-order valence-electron chi connectivity index (χ4n) is 1.65. The third-order valence-corrected chi connectivity index (χ3v) is 5.23. The molecular formula is C12H19BrN2O2S. The number of unbranched alkanes of at least 4 members (excludes halogenated alkanes) is 1. The van der Waals surface area contributed by atoms with Crippen molar-refractivity contribution < 1.29 is 8.42 Å². The number of nitrogen functional groups attached to an aromatic ring is 1. The van der Waals surface area contributed by atoms with Crippen LogP contribution in [0.1, 0.15) is 26.7 Å². The maximum atomic E-state index is 12.5. The predicted octanol–water partition coefficient (Wildman–Crippen LogP) is 2.84. The summed E-state index contributed by atoms with van der Waals surface area (Å²) in [6.07, 6.45) is 1.81. The van der Waals surface area contributed by atoms with Gasteiger partial charge in [-0.25, -0.2) is 8.42 Å². The fourth-order valence-corrected chi connectivity index (χ4v) is 3.80. The summed E-state index contributed by atoms with van der Waals surface area (Å²) in [5.41, 5.74) is 6.06. The third-order valence-electron chi connectivity index (χ3n) is 2.71. The average Bonchev–Trinajstić information content (AvgIpc) is 2.33. The van der Waals surface area contributed by atoms with Gasteiger partial charge in [0.25, 0.3) is 0 Å². The van der Waals surface area contributed by atoms with Crippen LogP contribution in [0.3, 0.4) is 0 Å². The van der Waals surface area contributed by atoms with Crippen LogP contribution in [0.25, 0.3) is 0 Å². The summed E-state index contributed by atoms with van der Waals surface area (Å²) >= 11 is 3.27. The van der Waals surface area contributed by atoms with Crippen molar-refractivity contribution in [1.29, 1.82) is 0 Å². The second-order valence-electron chi connectivity index (χ2n) is 4.03. The van der Waals surface area contributed by atoms with Crippen molar-refractivity contribution >= 4 is 31.6 Å². The van der Waals surface area contributed by atoms with Crippen LogP contribution in [0.5, 0.6) is 0 Å². The first-order chi connectivity index (χ1) is 8.43. The van der Waals surface area contributed by atoms with Gasteiger partial charge in [-0.1, -0.05) is 36.2 Å². The number of anilines is 1. The van der Waals surface area contributed by atoms with Gasteiger partial charge in [-0.3, -0.25) is 0 Å². The summed E-state index contributed by atoms with van der Waals surface area (Å²) in [5, 5.41) is 0. The summed E-state index contributed by atoms with van der Waals surface area (Å²) in [5.74, 6) is 0. The van der Waals surface area contributed by atoms with Gasteiger partial charge in [0.05, 0.1) is 5.69 Å². The van der Waals surface area contributed by atoms with E-state index in [1.54, 1.807) is 18.2 Å². The molecule has 0 spiro atoms. The number of hydrogen-bond donors (Lipinski definition) is 1. The lowest BCUT2D eigenvalue weighted by atomic mass is 10.3. The maximum Gasteiger partial charge on any atom is 0.245 e. The lowest BCUT2D eigenvalue weighted by molar-refractivity contribution is 0.419. The van der Waals surface area contributed by atoms with Crippen molar-refractivity contribution in [3.05, 3.63) is 22.7 Å². The third kappa shape index (κ3) is 3.46. The zero-order valence-electron chi connectivity index (χ0n) is 10.7. The standard InChI is InChI=1S/C12H19BrN2O2S/c1-3-5-8-15(4-2)18(16,17)12-9-10(13)6-7-11(12)14/h6-7,9H,3-5,8,14H2,1-2H3. The molecule has 0 amide bonds. The molecule has 0 atom stereocenters. The monoisotopic (exact) mass is 334 g/mol. The van der Waals surface area contributed by atoms with Gasteiger partial charge in [-0.15, -0.1) is 0 Å². The molecule has 0 aliphatic carbocycles. The molecule has 4 nitrogen and oxygen atoms in total. The molecule has 0 saturated heterocycles. The van der Waals surface area contributed by atoms with E-state index in [1.165, 1.54) is 4.31 Å². The summed E-state index contributed by atoms with van der Waals surface area (Å²) in [7, 11) is -3.50. The number of nitrogens with zero attached hydrogens (tertiary/aromatic N) is 1. The summed E-state index contributed by atoms with van der Waals surface area (Å²) < 4.78 is 27.1. The van der Waals surface area contributed by atoms with Crippen LogP contribution >= 0.6 is 15.9 Å². The lowest BCUT2D eigenvalue weighted by Gasteiger charge is -2.21. The Hall–Kier alpha value is -0.590. The Balaban J connectivity index is 3.14. The molecule has 0 aliphatic heterocycles. The largest absolute Gasteiger partial charge is 0.398 e. The lowest BCUT2D eigenvalue weighted by Crippen LogP contribution is -2.32. The van der Waals surface area contributed by atoms with Crippen LogP contribution in [0.2, 0.25) is 0 Å². The van der Waals surface area contributed by atoms with E-state index in [2.05, 4.69) is 15.9 Å². The molecule has 18 heavy (non-hydrogen) atoms. The number of nitrogens with two attached hydrogens (primary N) is 1. The van der Waals surface area contributed by atoms with Gasteiger partial charge in [0.2, 0.25) is 10.0 Å². The number of halogens is 1. The Kier molecular flexibility index (Phi) is 5.62. The van der Waals surface area contributed by atoms with Gasteiger partial charge in [0.1, 0.15) is 4.90 Å². The molecule has 1 rings (SSSR count). The molecule has 0 fully saturated rings. The predicted molar refractivity (Wildman–Crippen MR) is 77.9 cm³/mol. The van der Waals surface area contributed by atoms with E-state index in [-0.39, 0.29) is 10.6 Å². The number of benzene rings is 1. The Morgan fingerprint density at radius 2 is 2.00 bits per heavy atom. The molecule has 2 N–H and O–H groups in total. The first-order valence-electron chi connectivity index (χ1n) is 5.98. The summed E-state index contributed by atoms with van der Waals surface area (Å²) in [6, 6.07) is 4.89. The van der Waals surface area contributed by atoms with Crippen LogP contribution in [0, 0.1) is 0 Å². The molecule has 1 aromatic carbocycles. The van der Waals surface area contributed by atoms with Crippen molar-refractivity contribution in [2.45, 2.75) is 31.6 Å². The molecule has 0 saturated carbocycles. The SMILES string of the molecule is CCCCN(CC)S(=O)(=O)c1cc(Br)ccc1N. The quantitative estimate of drug-likeness (QED) is 0.813. The van der Waals surface area contributed by atoms with E-state index in [4.69, 9.17) is 5.73 Å². The first kappa shape index (κ1) is 15.5. The minimum Gasteiger partial charge on any atom is -0.398 e. The van der Waals surface area contributed by atoms with Gasteiger partial charge >= 0.3 is 0 Å². The van der Waals surface area contributed by atoms with Crippen LogP contribution in [-0.4, -0.2) is 25.8 Å². The number of hydrogen-bond acceptors (Lipinski definition) is 3. The Morgan fingerprint density at radius 3 is 2.56 bits per heavy atom. The van der Waals surface area contributed by atoms with Crippen molar-refractivity contribution in [2.24, 2.45) is 0 Å². The molecular weight excluding hydrogens is 316 g/mol. The summed E-state index contributed by atoms with van der Waals surface area (Å²) in [4.78, 5) is 0.176. The highest BCUT2D eigenvalue weighted by Crippen LogP contribution is 2.26. The molecule has 1 aromatic rings. The van der Waals surface area contributed by atoms with E-state index in [0.29, 0.717) is 17.6 Å². The van der Waals surface area contributed by atoms with Crippen LogP contribution in [0.4, 0.5) is 5.69 Å². The minimum absolute atomic E-state index is 0.176. The number of sulfonamides is 1. The van der Waals surface area contributed by atoms with Gasteiger partial charge in [0.15, 0.2) is 0 Å². The second-order valence-corrected chi connectivity index (χ2v) is 6.85. The first-order valence-corrected chi connectivity index (χ1v) is 8.22. The van der Waals surface area contributed by atoms with Crippen LogP contribution < -0.4 is 5.73 Å². The van der Waals surface area contributed by atoms with E-state index >= 15 is 0 Å². The normalized spacial score (nSPS) is 12.0. The molecule has 0 aliphatic rings. The van der Waals surface area contributed by atoms with E-state index < -0.39 is 10.0 Å².